The standard InChI is InChI=1S/C18H20N6O3.ClH/c1-10(20-17(25)15-13-9-19-7-6-14(13)22-23-15)18-21-16(24-27-18)11-4-3-5-12(8-11)26-2;/h3-5,8,10,19H,6-7,9H2,1-2H3,(H,20,25)(H,22,23);1H. The van der Waals surface area contributed by atoms with Crippen molar-refractivity contribution in [3.05, 3.63) is 47.1 Å². The van der Waals surface area contributed by atoms with Crippen LogP contribution in [0.5, 0.6) is 5.75 Å². The molecule has 1 aromatic carbocycles. The van der Waals surface area contributed by atoms with Crippen LogP contribution < -0.4 is 15.4 Å². The number of methoxy groups -OCH3 is 1. The quantitative estimate of drug-likeness (QED) is 0.595. The average molecular weight is 405 g/mol. The Bertz CT molecular complexity index is 970. The van der Waals surface area contributed by atoms with Crippen molar-refractivity contribution in [2.24, 2.45) is 0 Å². The number of aromatic nitrogens is 4. The molecular weight excluding hydrogens is 384 g/mol. The van der Waals surface area contributed by atoms with Gasteiger partial charge in [-0.1, -0.05) is 17.3 Å². The number of rotatable bonds is 5. The molecule has 0 spiro atoms. The first kappa shape index (κ1) is 19.8. The zero-order valence-electron chi connectivity index (χ0n) is 15.5. The minimum absolute atomic E-state index is 0. The number of carbonyl (C=O) groups is 1. The van der Waals surface area contributed by atoms with Crippen LogP contribution >= 0.6 is 12.4 Å². The monoisotopic (exact) mass is 404 g/mol. The fourth-order valence-corrected chi connectivity index (χ4v) is 3.03. The molecule has 9 nitrogen and oxygen atoms in total. The number of halogens is 1. The van der Waals surface area contributed by atoms with E-state index in [9.17, 15) is 4.79 Å². The van der Waals surface area contributed by atoms with Crippen LogP contribution in [0.1, 0.15) is 40.6 Å². The van der Waals surface area contributed by atoms with E-state index < -0.39 is 6.04 Å². The summed E-state index contributed by atoms with van der Waals surface area (Å²) in [5, 5.41) is 17.2. The number of amides is 1. The lowest BCUT2D eigenvalue weighted by Crippen LogP contribution is -2.30. The topological polar surface area (TPSA) is 118 Å². The number of nitrogens with zero attached hydrogens (tertiary/aromatic N) is 3. The summed E-state index contributed by atoms with van der Waals surface area (Å²) < 4.78 is 10.5. The van der Waals surface area contributed by atoms with Gasteiger partial charge < -0.3 is 19.9 Å². The van der Waals surface area contributed by atoms with E-state index >= 15 is 0 Å². The zero-order valence-corrected chi connectivity index (χ0v) is 16.3. The van der Waals surface area contributed by atoms with Crippen molar-refractivity contribution in [2.45, 2.75) is 25.9 Å². The number of fused-ring (bicyclic) bond motifs is 1. The van der Waals surface area contributed by atoms with Crippen molar-refractivity contribution < 1.29 is 14.1 Å². The van der Waals surface area contributed by atoms with Crippen LogP contribution in [0.25, 0.3) is 11.4 Å². The molecule has 1 aliphatic heterocycles. The largest absolute Gasteiger partial charge is 0.497 e. The molecular formula is C18H21ClN6O3. The minimum Gasteiger partial charge on any atom is -0.497 e. The van der Waals surface area contributed by atoms with E-state index in [4.69, 9.17) is 9.26 Å². The van der Waals surface area contributed by atoms with Crippen molar-refractivity contribution in [3.63, 3.8) is 0 Å². The van der Waals surface area contributed by atoms with Crippen LogP contribution in [0.15, 0.2) is 28.8 Å². The number of hydrogen-bond acceptors (Lipinski definition) is 7. The highest BCUT2D eigenvalue weighted by Gasteiger charge is 2.24. The molecule has 0 radical (unpaired) electrons. The van der Waals surface area contributed by atoms with Gasteiger partial charge in [0.15, 0.2) is 5.69 Å². The molecule has 1 aliphatic rings. The maximum atomic E-state index is 12.6. The first-order valence-corrected chi connectivity index (χ1v) is 8.71. The van der Waals surface area contributed by atoms with Crippen molar-refractivity contribution in [2.75, 3.05) is 13.7 Å². The fraction of sp³-hybridized carbons (Fsp3) is 0.333. The van der Waals surface area contributed by atoms with E-state index in [-0.39, 0.29) is 18.3 Å². The highest BCUT2D eigenvalue weighted by atomic mass is 35.5. The molecule has 148 valence electrons. The predicted molar refractivity (Wildman–Crippen MR) is 103 cm³/mol. The Morgan fingerprint density at radius 1 is 1.39 bits per heavy atom. The summed E-state index contributed by atoms with van der Waals surface area (Å²) in [5.41, 5.74) is 3.09. The van der Waals surface area contributed by atoms with Gasteiger partial charge in [-0.2, -0.15) is 10.1 Å². The summed E-state index contributed by atoms with van der Waals surface area (Å²) in [6.45, 7) is 3.29. The molecule has 0 aliphatic carbocycles. The molecule has 0 saturated carbocycles. The SMILES string of the molecule is COc1cccc(-c2noc(C(C)NC(=O)c3n[nH]c4c3CNCC4)n2)c1.Cl. The van der Waals surface area contributed by atoms with Gasteiger partial charge in [-0.05, 0) is 19.1 Å². The minimum atomic E-state index is -0.451. The van der Waals surface area contributed by atoms with Gasteiger partial charge in [-0.25, -0.2) is 0 Å². The molecule has 10 heteroatoms. The van der Waals surface area contributed by atoms with E-state index in [1.165, 1.54) is 0 Å². The predicted octanol–water partition coefficient (Wildman–Crippen LogP) is 2.03. The van der Waals surface area contributed by atoms with Crippen LogP contribution in [0.3, 0.4) is 0 Å². The zero-order chi connectivity index (χ0) is 18.8. The maximum absolute atomic E-state index is 12.6. The second-order valence-corrected chi connectivity index (χ2v) is 6.34. The number of aromatic amines is 1. The van der Waals surface area contributed by atoms with Gasteiger partial charge in [0.2, 0.25) is 11.7 Å². The second-order valence-electron chi connectivity index (χ2n) is 6.34. The average Bonchev–Trinajstić information content (AvgIpc) is 3.35. The van der Waals surface area contributed by atoms with E-state index in [2.05, 4.69) is 31.0 Å². The number of hydrogen-bond donors (Lipinski definition) is 3. The Hall–Kier alpha value is -2.91. The van der Waals surface area contributed by atoms with E-state index in [0.29, 0.717) is 29.7 Å². The van der Waals surface area contributed by atoms with Crippen molar-refractivity contribution in [3.8, 4) is 17.1 Å². The number of nitrogens with one attached hydrogen (secondary N) is 3. The fourth-order valence-electron chi connectivity index (χ4n) is 3.03. The van der Waals surface area contributed by atoms with Gasteiger partial charge in [-0.15, -0.1) is 12.4 Å². The molecule has 28 heavy (non-hydrogen) atoms. The molecule has 0 saturated heterocycles. The molecule has 1 unspecified atom stereocenters. The van der Waals surface area contributed by atoms with E-state index in [0.717, 1.165) is 29.8 Å². The number of carbonyl (C=O) groups excluding carboxylic acids is 1. The number of H-pyrrole nitrogens is 1. The van der Waals surface area contributed by atoms with Gasteiger partial charge in [0.1, 0.15) is 11.8 Å². The second kappa shape index (κ2) is 8.41. The molecule has 0 fully saturated rings. The molecule has 4 rings (SSSR count). The lowest BCUT2D eigenvalue weighted by molar-refractivity contribution is 0.0926. The molecule has 2 aromatic heterocycles. The summed E-state index contributed by atoms with van der Waals surface area (Å²) in [7, 11) is 1.60. The summed E-state index contributed by atoms with van der Waals surface area (Å²) in [5.74, 6) is 1.19. The lowest BCUT2D eigenvalue weighted by atomic mass is 10.1. The molecule has 1 atom stereocenters. The molecule has 1 amide bonds. The first-order chi connectivity index (χ1) is 13.2. The van der Waals surface area contributed by atoms with Crippen LogP contribution in [0, 0.1) is 0 Å². The van der Waals surface area contributed by atoms with Gasteiger partial charge in [-0.3, -0.25) is 9.89 Å². The Balaban J connectivity index is 0.00000225. The maximum Gasteiger partial charge on any atom is 0.272 e. The van der Waals surface area contributed by atoms with Crippen molar-refractivity contribution >= 4 is 18.3 Å². The number of ether oxygens (including phenoxy) is 1. The smallest absolute Gasteiger partial charge is 0.272 e. The van der Waals surface area contributed by atoms with Gasteiger partial charge in [0.05, 0.1) is 7.11 Å². The molecule has 3 heterocycles. The molecule has 3 aromatic rings. The summed E-state index contributed by atoms with van der Waals surface area (Å²) >= 11 is 0. The third-order valence-corrected chi connectivity index (χ3v) is 4.51. The normalized spacial score (nSPS) is 13.9. The van der Waals surface area contributed by atoms with Gasteiger partial charge in [0.25, 0.3) is 5.91 Å². The highest BCUT2D eigenvalue weighted by Crippen LogP contribution is 2.23. The molecule has 0 bridgehead atoms. The Morgan fingerprint density at radius 3 is 3.07 bits per heavy atom. The molecule has 3 N–H and O–H groups in total. The first-order valence-electron chi connectivity index (χ1n) is 8.71. The van der Waals surface area contributed by atoms with Crippen LogP contribution in [-0.4, -0.2) is 39.9 Å². The van der Waals surface area contributed by atoms with Crippen molar-refractivity contribution in [1.82, 2.24) is 31.0 Å². The Labute approximate surface area is 167 Å². The lowest BCUT2D eigenvalue weighted by Gasteiger charge is -2.13. The van der Waals surface area contributed by atoms with E-state index in [1.807, 2.05) is 24.3 Å². The van der Waals surface area contributed by atoms with Crippen LogP contribution in [0.4, 0.5) is 0 Å². The van der Waals surface area contributed by atoms with Crippen molar-refractivity contribution in [1.29, 1.82) is 0 Å². The van der Waals surface area contributed by atoms with Crippen LogP contribution in [-0.2, 0) is 13.0 Å². The number of benzene rings is 1. The van der Waals surface area contributed by atoms with Gasteiger partial charge >= 0.3 is 0 Å². The third-order valence-electron chi connectivity index (χ3n) is 4.51. The van der Waals surface area contributed by atoms with Crippen LogP contribution in [0.2, 0.25) is 0 Å². The third kappa shape index (κ3) is 3.85. The Kier molecular flexibility index (Phi) is 5.96. The summed E-state index contributed by atoms with van der Waals surface area (Å²) in [4.78, 5) is 17.0. The van der Waals surface area contributed by atoms with E-state index in [1.54, 1.807) is 14.0 Å². The highest BCUT2D eigenvalue weighted by molar-refractivity contribution is 5.94. The summed E-state index contributed by atoms with van der Waals surface area (Å²) in [6, 6.07) is 6.93. The summed E-state index contributed by atoms with van der Waals surface area (Å²) in [6.07, 6.45) is 0.832. The Morgan fingerprint density at radius 2 is 2.25 bits per heavy atom. The van der Waals surface area contributed by atoms with Gasteiger partial charge in [0, 0.05) is 36.3 Å².